The summed E-state index contributed by atoms with van der Waals surface area (Å²) in [5.41, 5.74) is 4.15. The molecule has 1 aliphatic carbocycles. The van der Waals surface area contributed by atoms with Gasteiger partial charge in [0.1, 0.15) is 0 Å². The number of hydrogen-bond acceptors (Lipinski definition) is 4. The molecular weight excluding hydrogens is 348 g/mol. The monoisotopic (exact) mass is 374 g/mol. The van der Waals surface area contributed by atoms with Gasteiger partial charge in [0.15, 0.2) is 0 Å². The zero-order chi connectivity index (χ0) is 19.1. The van der Waals surface area contributed by atoms with Gasteiger partial charge in [0.05, 0.1) is 22.7 Å². The highest BCUT2D eigenvalue weighted by atomic mass is 32.2. The highest BCUT2D eigenvalue weighted by Gasteiger charge is 2.38. The van der Waals surface area contributed by atoms with Crippen LogP contribution in [0.2, 0.25) is 0 Å². The molecule has 0 aliphatic heterocycles. The van der Waals surface area contributed by atoms with Crippen molar-refractivity contribution in [3.8, 4) is 0 Å². The van der Waals surface area contributed by atoms with Crippen molar-refractivity contribution in [1.82, 2.24) is 9.71 Å². The first-order valence-corrected chi connectivity index (χ1v) is 10.4. The van der Waals surface area contributed by atoms with Crippen LogP contribution in [0.25, 0.3) is 0 Å². The Kier molecular flexibility index (Phi) is 5.19. The summed E-state index contributed by atoms with van der Waals surface area (Å²) >= 11 is 0. The fraction of sp³-hybridized carbons (Fsp3) is 0.450. The van der Waals surface area contributed by atoms with Gasteiger partial charge in [-0.15, -0.1) is 0 Å². The minimum absolute atomic E-state index is 0.0428. The summed E-state index contributed by atoms with van der Waals surface area (Å²) in [7, 11) is -3.72. The molecule has 1 aliphatic rings. The Labute approximate surface area is 155 Å². The quantitative estimate of drug-likeness (QED) is 0.843. The molecule has 0 amide bonds. The van der Waals surface area contributed by atoms with Crippen molar-refractivity contribution in [1.29, 1.82) is 0 Å². The second-order valence-electron chi connectivity index (χ2n) is 7.33. The van der Waals surface area contributed by atoms with Crippen molar-refractivity contribution in [2.75, 3.05) is 0 Å². The largest absolute Gasteiger partial charge is 0.393 e. The molecule has 0 radical (unpaired) electrons. The molecule has 1 saturated carbocycles. The van der Waals surface area contributed by atoms with Gasteiger partial charge in [-0.05, 0) is 80.8 Å². The molecule has 0 bridgehead atoms. The van der Waals surface area contributed by atoms with Crippen LogP contribution in [0.5, 0.6) is 0 Å². The normalized spacial score (nSPS) is 21.3. The average molecular weight is 375 g/mol. The van der Waals surface area contributed by atoms with Crippen LogP contribution in [0.15, 0.2) is 35.4 Å². The van der Waals surface area contributed by atoms with E-state index in [0.29, 0.717) is 23.4 Å². The van der Waals surface area contributed by atoms with E-state index in [9.17, 15) is 13.5 Å². The van der Waals surface area contributed by atoms with Crippen LogP contribution < -0.4 is 4.72 Å². The molecule has 6 heteroatoms. The number of pyridine rings is 1. The van der Waals surface area contributed by atoms with Crippen LogP contribution >= 0.6 is 0 Å². The van der Waals surface area contributed by atoms with E-state index in [1.54, 1.807) is 6.20 Å². The Balaban J connectivity index is 2.01. The van der Waals surface area contributed by atoms with E-state index < -0.39 is 16.1 Å². The molecule has 1 aromatic heterocycles. The minimum atomic E-state index is -3.72. The third-order valence-corrected chi connectivity index (χ3v) is 7.19. The van der Waals surface area contributed by atoms with Crippen molar-refractivity contribution >= 4 is 10.0 Å². The summed E-state index contributed by atoms with van der Waals surface area (Å²) in [5, 5.41) is 9.69. The van der Waals surface area contributed by atoms with E-state index in [1.165, 1.54) is 0 Å². The molecule has 1 heterocycles. The predicted octanol–water partition coefficient (Wildman–Crippen LogP) is 3.11. The lowest BCUT2D eigenvalue weighted by molar-refractivity contribution is 0.0273. The third-order valence-electron chi connectivity index (χ3n) is 5.48. The molecule has 2 aromatic rings. The first kappa shape index (κ1) is 19.0. The topological polar surface area (TPSA) is 79.3 Å². The number of aliphatic hydroxyl groups excluding tert-OH is 1. The van der Waals surface area contributed by atoms with Gasteiger partial charge in [0.25, 0.3) is 0 Å². The first-order valence-electron chi connectivity index (χ1n) is 8.89. The van der Waals surface area contributed by atoms with Gasteiger partial charge in [-0.3, -0.25) is 4.98 Å². The second kappa shape index (κ2) is 7.10. The second-order valence-corrected chi connectivity index (χ2v) is 8.98. The number of rotatable bonds is 5. The number of sulfonamides is 1. The Morgan fingerprint density at radius 2 is 1.73 bits per heavy atom. The fourth-order valence-electron chi connectivity index (χ4n) is 3.67. The Bertz CT molecular complexity index is 878. The molecule has 1 aromatic carbocycles. The molecule has 26 heavy (non-hydrogen) atoms. The average Bonchev–Trinajstić information content (AvgIpc) is 2.56. The van der Waals surface area contributed by atoms with Crippen LogP contribution in [-0.4, -0.2) is 24.6 Å². The molecule has 1 atom stereocenters. The molecule has 1 fully saturated rings. The van der Waals surface area contributed by atoms with Gasteiger partial charge >= 0.3 is 0 Å². The number of benzene rings is 1. The number of aryl methyl sites for hydroxylation is 2. The van der Waals surface area contributed by atoms with Crippen LogP contribution in [0.4, 0.5) is 0 Å². The summed E-state index contributed by atoms with van der Waals surface area (Å²) < 4.78 is 29.5. The Morgan fingerprint density at radius 3 is 2.23 bits per heavy atom. The highest BCUT2D eigenvalue weighted by Crippen LogP contribution is 2.39. The summed E-state index contributed by atoms with van der Waals surface area (Å²) in [4.78, 5) is 4.71. The van der Waals surface area contributed by atoms with Gasteiger partial charge in [-0.2, -0.15) is 0 Å². The van der Waals surface area contributed by atoms with Crippen molar-refractivity contribution in [2.24, 2.45) is 5.92 Å². The summed E-state index contributed by atoms with van der Waals surface area (Å²) in [6, 6.07) is 7.07. The standard InChI is InChI=1S/C20H26N2O3S/c1-12-9-13(2)15(4)20(14(12)3)26(24,25)22-19(16-10-17(23)11-16)18-7-5-6-8-21-18/h5-9,16-17,19,22-23H,10-11H2,1-4H3/t16?,17?,19-/m0/s1. The summed E-state index contributed by atoms with van der Waals surface area (Å²) in [6.07, 6.45) is 2.46. The molecule has 0 unspecified atom stereocenters. The van der Waals surface area contributed by atoms with E-state index in [1.807, 2.05) is 52.0 Å². The van der Waals surface area contributed by atoms with E-state index >= 15 is 0 Å². The molecular formula is C20H26N2O3S. The first-order chi connectivity index (χ1) is 12.2. The molecule has 2 N–H and O–H groups in total. The predicted molar refractivity (Wildman–Crippen MR) is 101 cm³/mol. The zero-order valence-electron chi connectivity index (χ0n) is 15.7. The SMILES string of the molecule is Cc1cc(C)c(C)c(S(=O)(=O)N[C@H](c2ccccn2)C2CC(O)C2)c1C. The van der Waals surface area contributed by atoms with Crippen molar-refractivity contribution in [3.05, 3.63) is 58.4 Å². The number of aromatic nitrogens is 1. The maximum absolute atomic E-state index is 13.3. The lowest BCUT2D eigenvalue weighted by Gasteiger charge is -2.37. The fourth-order valence-corrected chi connectivity index (χ4v) is 5.56. The molecule has 3 rings (SSSR count). The molecule has 0 spiro atoms. The van der Waals surface area contributed by atoms with Gasteiger partial charge in [0, 0.05) is 6.20 Å². The zero-order valence-corrected chi connectivity index (χ0v) is 16.5. The van der Waals surface area contributed by atoms with E-state index in [0.717, 1.165) is 22.3 Å². The van der Waals surface area contributed by atoms with Gasteiger partial charge < -0.3 is 5.11 Å². The molecule has 0 saturated heterocycles. The minimum Gasteiger partial charge on any atom is -0.393 e. The van der Waals surface area contributed by atoms with Crippen molar-refractivity contribution in [3.63, 3.8) is 0 Å². The number of hydrogen-bond donors (Lipinski definition) is 2. The summed E-state index contributed by atoms with van der Waals surface area (Å²) in [5.74, 6) is 0.0428. The van der Waals surface area contributed by atoms with Crippen LogP contribution in [0, 0.1) is 33.6 Å². The molecule has 5 nitrogen and oxygen atoms in total. The summed E-state index contributed by atoms with van der Waals surface area (Å²) in [6.45, 7) is 7.55. The molecule has 140 valence electrons. The van der Waals surface area contributed by atoms with Gasteiger partial charge in [0.2, 0.25) is 10.0 Å². The van der Waals surface area contributed by atoms with Crippen LogP contribution in [0.3, 0.4) is 0 Å². The van der Waals surface area contributed by atoms with Gasteiger partial charge in [-0.25, -0.2) is 13.1 Å². The van der Waals surface area contributed by atoms with Crippen molar-refractivity contribution < 1.29 is 13.5 Å². The van der Waals surface area contributed by atoms with Gasteiger partial charge in [-0.1, -0.05) is 12.1 Å². The number of aliphatic hydroxyl groups is 1. The van der Waals surface area contributed by atoms with E-state index in [-0.39, 0.29) is 12.0 Å². The Hall–Kier alpha value is -1.76. The maximum Gasteiger partial charge on any atom is 0.241 e. The maximum atomic E-state index is 13.3. The lowest BCUT2D eigenvalue weighted by Crippen LogP contribution is -2.42. The highest BCUT2D eigenvalue weighted by molar-refractivity contribution is 7.89. The van der Waals surface area contributed by atoms with E-state index in [2.05, 4.69) is 9.71 Å². The van der Waals surface area contributed by atoms with Crippen LogP contribution in [-0.2, 0) is 10.0 Å². The van der Waals surface area contributed by atoms with Crippen LogP contribution in [0.1, 0.15) is 46.8 Å². The third kappa shape index (κ3) is 3.54. The number of nitrogens with one attached hydrogen (secondary N) is 1. The Morgan fingerprint density at radius 1 is 1.12 bits per heavy atom. The van der Waals surface area contributed by atoms with E-state index in [4.69, 9.17) is 0 Å². The van der Waals surface area contributed by atoms with Crippen molar-refractivity contribution in [2.45, 2.75) is 57.6 Å². The lowest BCUT2D eigenvalue weighted by atomic mass is 9.76. The number of nitrogens with zero attached hydrogens (tertiary/aromatic N) is 1. The smallest absolute Gasteiger partial charge is 0.241 e.